The summed E-state index contributed by atoms with van der Waals surface area (Å²) in [4.78, 5) is 25.2. The number of carbonyl (C=O) groups excluding carboxylic acids is 2. The van der Waals surface area contributed by atoms with E-state index < -0.39 is 49.4 Å². The molecule has 0 bridgehead atoms. The Morgan fingerprint density at radius 2 is 1.02 bits per heavy atom. The smallest absolute Gasteiger partial charge is 0.306 e. The molecule has 0 radical (unpaired) electrons. The summed E-state index contributed by atoms with van der Waals surface area (Å²) in [5.74, 6) is -0.817. The zero-order chi connectivity index (χ0) is 38.8. The Hall–Kier alpha value is -1.82. The van der Waals surface area contributed by atoms with E-state index in [1.807, 2.05) is 0 Å². The van der Waals surface area contributed by atoms with Gasteiger partial charge in [-0.15, -0.1) is 0 Å². The molecule has 1 heterocycles. The average Bonchev–Trinajstić information content (AvgIpc) is 3.15. The predicted octanol–water partition coefficient (Wildman–Crippen LogP) is 8.55. The Morgan fingerprint density at radius 1 is 0.566 bits per heavy atom. The summed E-state index contributed by atoms with van der Waals surface area (Å²) in [5.41, 5.74) is 0. The first-order valence-corrected chi connectivity index (χ1v) is 21.4. The number of rotatable bonds is 35. The summed E-state index contributed by atoms with van der Waals surface area (Å²) in [6, 6.07) is 0. The molecule has 1 aliphatic rings. The van der Waals surface area contributed by atoms with Gasteiger partial charge in [-0.3, -0.25) is 9.59 Å². The van der Waals surface area contributed by atoms with Crippen molar-refractivity contribution in [1.82, 2.24) is 0 Å². The van der Waals surface area contributed by atoms with Gasteiger partial charge in [0.05, 0.1) is 13.2 Å². The second-order valence-corrected chi connectivity index (χ2v) is 14.8. The van der Waals surface area contributed by atoms with Crippen LogP contribution in [0.25, 0.3) is 0 Å². The minimum atomic E-state index is -1.59. The highest BCUT2D eigenvalue weighted by Crippen LogP contribution is 2.22. The Kier molecular flexibility index (Phi) is 32.2. The number of unbranched alkanes of at least 4 members (excludes halogenated alkanes) is 20. The van der Waals surface area contributed by atoms with Crippen molar-refractivity contribution in [2.24, 2.45) is 0 Å². The van der Waals surface area contributed by atoms with Crippen molar-refractivity contribution in [3.8, 4) is 0 Å². The molecule has 6 atom stereocenters. The van der Waals surface area contributed by atoms with Crippen LogP contribution >= 0.6 is 0 Å². The van der Waals surface area contributed by atoms with Crippen LogP contribution in [-0.4, -0.2) is 89.0 Å². The van der Waals surface area contributed by atoms with Gasteiger partial charge < -0.3 is 39.4 Å². The van der Waals surface area contributed by atoms with Gasteiger partial charge in [0.1, 0.15) is 31.0 Å². The lowest BCUT2D eigenvalue weighted by Gasteiger charge is -2.39. The second-order valence-electron chi connectivity index (χ2n) is 14.8. The fraction of sp³-hybridized carbons (Fsp3) is 0.860. The molecule has 53 heavy (non-hydrogen) atoms. The fourth-order valence-electron chi connectivity index (χ4n) is 6.34. The van der Waals surface area contributed by atoms with Gasteiger partial charge in [-0.2, -0.15) is 0 Å². The molecule has 0 aromatic rings. The molecule has 4 N–H and O–H groups in total. The molecule has 0 aromatic carbocycles. The fourth-order valence-corrected chi connectivity index (χ4v) is 6.34. The highest BCUT2D eigenvalue weighted by atomic mass is 16.7. The van der Waals surface area contributed by atoms with Crippen molar-refractivity contribution in [1.29, 1.82) is 0 Å². The Balaban J connectivity index is 2.35. The van der Waals surface area contributed by atoms with Crippen LogP contribution in [0.5, 0.6) is 0 Å². The van der Waals surface area contributed by atoms with Crippen LogP contribution in [0.2, 0.25) is 0 Å². The Bertz CT molecular complexity index is 923. The Morgan fingerprint density at radius 3 is 1.53 bits per heavy atom. The normalized spacial score (nSPS) is 21.1. The molecular formula is C43H78O10. The zero-order valence-corrected chi connectivity index (χ0v) is 33.5. The lowest BCUT2D eigenvalue weighted by atomic mass is 9.99. The number of ether oxygens (including phenoxy) is 4. The van der Waals surface area contributed by atoms with Gasteiger partial charge in [0, 0.05) is 12.8 Å². The molecule has 1 rings (SSSR count). The summed E-state index contributed by atoms with van der Waals surface area (Å²) < 4.78 is 22.1. The number of allylic oxidation sites excluding steroid dienone is 4. The van der Waals surface area contributed by atoms with Crippen LogP contribution in [0.1, 0.15) is 181 Å². The molecular weight excluding hydrogens is 676 g/mol. The third-order valence-corrected chi connectivity index (χ3v) is 9.81. The van der Waals surface area contributed by atoms with Crippen LogP contribution in [0.4, 0.5) is 0 Å². The maximum atomic E-state index is 12.7. The molecule has 1 fully saturated rings. The number of esters is 2. The molecule has 0 spiro atoms. The van der Waals surface area contributed by atoms with E-state index in [2.05, 4.69) is 38.2 Å². The molecule has 0 aliphatic carbocycles. The second kappa shape index (κ2) is 34.7. The molecule has 0 saturated carbocycles. The number of carbonyl (C=O) groups is 2. The molecule has 2 unspecified atom stereocenters. The summed E-state index contributed by atoms with van der Waals surface area (Å²) in [5, 5.41) is 40.0. The van der Waals surface area contributed by atoms with Gasteiger partial charge in [-0.25, -0.2) is 0 Å². The zero-order valence-electron chi connectivity index (χ0n) is 33.5. The van der Waals surface area contributed by atoms with Gasteiger partial charge in [-0.05, 0) is 57.8 Å². The van der Waals surface area contributed by atoms with Crippen molar-refractivity contribution >= 4 is 11.9 Å². The van der Waals surface area contributed by atoms with Crippen molar-refractivity contribution in [3.05, 3.63) is 24.3 Å². The standard InChI is InChI=1S/C43H78O10/c1-3-5-7-9-11-13-15-17-18-20-21-23-25-27-29-31-38(45)50-34-36(35-51-43-42(49)41(48)40(47)37(33-44)53-43)52-39(46)32-30-28-26-24-22-19-16-14-12-10-8-6-4-2/h9,11,14,16,36-37,40-44,47-49H,3-8,10,12-13,15,17-35H2,1-2H3/b11-9+,16-14+/t36-,37-,40+,41?,42?,43-/m0/s1. The Labute approximate surface area is 322 Å². The van der Waals surface area contributed by atoms with E-state index >= 15 is 0 Å². The van der Waals surface area contributed by atoms with Gasteiger partial charge >= 0.3 is 11.9 Å². The van der Waals surface area contributed by atoms with Crippen LogP contribution < -0.4 is 0 Å². The van der Waals surface area contributed by atoms with Gasteiger partial charge in [0.15, 0.2) is 12.4 Å². The third kappa shape index (κ3) is 26.6. The molecule has 0 amide bonds. The topological polar surface area (TPSA) is 152 Å². The highest BCUT2D eigenvalue weighted by molar-refractivity contribution is 5.70. The SMILES string of the molecule is CCCC/C=C/CCCCCCCCCCCC(=O)OC[C@@H](CO[C@H]1O[C@@H](CO)[C@@H](O)C(O)C1O)OC(=O)CCCCCCC/C=C/CCCCCC. The van der Waals surface area contributed by atoms with Crippen molar-refractivity contribution in [2.45, 2.75) is 218 Å². The first-order chi connectivity index (χ1) is 25.8. The largest absolute Gasteiger partial charge is 0.462 e. The summed E-state index contributed by atoms with van der Waals surface area (Å²) in [6.45, 7) is 3.36. The van der Waals surface area contributed by atoms with Crippen LogP contribution in [0.15, 0.2) is 24.3 Å². The molecule has 10 heteroatoms. The maximum absolute atomic E-state index is 12.7. The predicted molar refractivity (Wildman–Crippen MR) is 210 cm³/mol. The first-order valence-electron chi connectivity index (χ1n) is 21.4. The molecule has 1 aliphatic heterocycles. The van der Waals surface area contributed by atoms with Crippen LogP contribution in [0.3, 0.4) is 0 Å². The molecule has 1 saturated heterocycles. The lowest BCUT2D eigenvalue weighted by Crippen LogP contribution is -2.59. The van der Waals surface area contributed by atoms with Gasteiger partial charge in [-0.1, -0.05) is 134 Å². The van der Waals surface area contributed by atoms with Crippen LogP contribution in [-0.2, 0) is 28.5 Å². The molecule has 10 nitrogen and oxygen atoms in total. The van der Waals surface area contributed by atoms with Crippen LogP contribution in [0, 0.1) is 0 Å². The van der Waals surface area contributed by atoms with Gasteiger partial charge in [0.2, 0.25) is 0 Å². The minimum Gasteiger partial charge on any atom is -0.462 e. The van der Waals surface area contributed by atoms with E-state index in [0.717, 1.165) is 64.2 Å². The van der Waals surface area contributed by atoms with E-state index in [0.29, 0.717) is 6.42 Å². The maximum Gasteiger partial charge on any atom is 0.306 e. The number of hydrogen-bond acceptors (Lipinski definition) is 10. The summed E-state index contributed by atoms with van der Waals surface area (Å²) in [6.07, 6.45) is 28.9. The minimum absolute atomic E-state index is 0.220. The van der Waals surface area contributed by atoms with E-state index in [1.54, 1.807) is 0 Å². The third-order valence-electron chi connectivity index (χ3n) is 9.81. The number of aliphatic hydroxyl groups excluding tert-OH is 4. The summed E-state index contributed by atoms with van der Waals surface area (Å²) >= 11 is 0. The lowest BCUT2D eigenvalue weighted by molar-refractivity contribution is -0.305. The van der Waals surface area contributed by atoms with Crippen molar-refractivity contribution in [3.63, 3.8) is 0 Å². The van der Waals surface area contributed by atoms with Crippen molar-refractivity contribution < 1.29 is 49.0 Å². The van der Waals surface area contributed by atoms with E-state index in [9.17, 15) is 30.0 Å². The number of aliphatic hydroxyl groups is 4. The number of hydrogen-bond donors (Lipinski definition) is 4. The van der Waals surface area contributed by atoms with Gasteiger partial charge in [0.25, 0.3) is 0 Å². The van der Waals surface area contributed by atoms with E-state index in [4.69, 9.17) is 18.9 Å². The first kappa shape index (κ1) is 49.2. The van der Waals surface area contributed by atoms with E-state index in [1.165, 1.54) is 83.5 Å². The quantitative estimate of drug-likeness (QED) is 0.0281. The highest BCUT2D eigenvalue weighted by Gasteiger charge is 2.44. The monoisotopic (exact) mass is 755 g/mol. The molecule has 310 valence electrons. The summed E-state index contributed by atoms with van der Waals surface area (Å²) in [7, 11) is 0. The average molecular weight is 755 g/mol. The van der Waals surface area contributed by atoms with E-state index in [-0.39, 0.29) is 32.0 Å². The van der Waals surface area contributed by atoms with Crippen molar-refractivity contribution in [2.75, 3.05) is 19.8 Å². The molecule has 0 aromatic heterocycles.